The van der Waals surface area contributed by atoms with E-state index in [2.05, 4.69) is 0 Å². The molecule has 0 aliphatic rings. The number of hydrogen-bond donors (Lipinski definition) is 1. The summed E-state index contributed by atoms with van der Waals surface area (Å²) in [6.07, 6.45) is -6.58. The lowest BCUT2D eigenvalue weighted by Gasteiger charge is -2.27. The Kier molecular flexibility index (Phi) is 7.26. The van der Waals surface area contributed by atoms with Crippen molar-refractivity contribution in [3.05, 3.63) is 59.4 Å². The van der Waals surface area contributed by atoms with E-state index in [1.807, 2.05) is 0 Å². The van der Waals surface area contributed by atoms with Crippen LogP contribution < -0.4 is 10.2 Å². The molecular weight excluding hydrogens is 498 g/mol. The van der Waals surface area contributed by atoms with Crippen molar-refractivity contribution in [2.45, 2.75) is 22.2 Å². The van der Waals surface area contributed by atoms with Crippen molar-refractivity contribution in [2.24, 2.45) is 0 Å². The number of benzene rings is 2. The first kappa shape index (κ1) is 26.3. The molecule has 3 amide bonds. The number of carbonyl (C=O) groups is 2. The number of hydrogen-bond acceptors (Lipinski definition) is 3. The molecule has 33 heavy (non-hydrogen) atoms. The van der Waals surface area contributed by atoms with Crippen molar-refractivity contribution in [2.75, 3.05) is 11.9 Å². The summed E-state index contributed by atoms with van der Waals surface area (Å²) >= 11 is -1.27. The second-order valence-corrected chi connectivity index (χ2v) is 7.41. The average Bonchev–Trinajstić information content (AvgIpc) is 2.66. The average molecular weight is 508 g/mol. The van der Waals surface area contributed by atoms with Crippen LogP contribution in [0.15, 0.2) is 41.3 Å². The number of alkyl halides is 7. The molecule has 15 heteroatoms. The first-order valence-electron chi connectivity index (χ1n) is 8.33. The Labute approximate surface area is 182 Å². The predicted octanol–water partition coefficient (Wildman–Crippen LogP) is 5.97. The maximum Gasteiger partial charge on any atom is 0.460 e. The Hall–Kier alpha value is -2.97. The number of anilines is 1. The maximum atomic E-state index is 14.3. The van der Waals surface area contributed by atoms with Crippen LogP contribution in [-0.4, -0.2) is 36.3 Å². The van der Waals surface area contributed by atoms with Gasteiger partial charge in [0.15, 0.2) is 0 Å². The normalized spacial score (nSPS) is 12.5. The number of nitrogens with zero attached hydrogens (tertiary/aromatic N) is 1. The molecule has 2 aromatic carbocycles. The van der Waals surface area contributed by atoms with Gasteiger partial charge in [-0.15, -0.1) is 0 Å². The van der Waals surface area contributed by atoms with Crippen molar-refractivity contribution in [1.82, 2.24) is 5.32 Å². The molecule has 180 valence electrons. The fraction of sp³-hybridized carbons (Fsp3) is 0.222. The zero-order chi connectivity index (χ0) is 25.4. The van der Waals surface area contributed by atoms with Gasteiger partial charge >= 0.3 is 23.4 Å². The smallest absolute Gasteiger partial charge is 0.294 e. The van der Waals surface area contributed by atoms with Crippen LogP contribution >= 0.6 is 11.8 Å². The van der Waals surface area contributed by atoms with E-state index in [0.717, 1.165) is 25.2 Å². The molecule has 0 aromatic heterocycles. The molecule has 0 spiro atoms. The van der Waals surface area contributed by atoms with Gasteiger partial charge in [-0.05, 0) is 42.1 Å². The highest BCUT2D eigenvalue weighted by molar-refractivity contribution is 8.00. The summed E-state index contributed by atoms with van der Waals surface area (Å²) in [5.41, 5.74) is -1.86. The summed E-state index contributed by atoms with van der Waals surface area (Å²) in [6.45, 7) is 0. The van der Waals surface area contributed by atoms with E-state index < -0.39 is 74.7 Å². The van der Waals surface area contributed by atoms with Gasteiger partial charge in [0.1, 0.15) is 23.0 Å². The van der Waals surface area contributed by atoms with Gasteiger partial charge in [-0.1, -0.05) is 6.07 Å². The van der Waals surface area contributed by atoms with Crippen LogP contribution in [0, 0.1) is 17.5 Å². The van der Waals surface area contributed by atoms with Crippen LogP contribution in [0.2, 0.25) is 0 Å². The van der Waals surface area contributed by atoms with Crippen LogP contribution in [0.25, 0.3) is 0 Å². The van der Waals surface area contributed by atoms with Gasteiger partial charge in [-0.2, -0.15) is 30.7 Å². The van der Waals surface area contributed by atoms with E-state index in [1.165, 1.54) is 0 Å². The zero-order valence-corrected chi connectivity index (χ0v) is 16.7. The third-order valence-electron chi connectivity index (χ3n) is 3.96. The lowest BCUT2D eigenvalue weighted by Crippen LogP contribution is -2.49. The summed E-state index contributed by atoms with van der Waals surface area (Å²) in [6, 6.07) is 2.20. The number of halogens is 10. The van der Waals surface area contributed by atoms with Crippen molar-refractivity contribution in [1.29, 1.82) is 0 Å². The molecule has 0 atom stereocenters. The minimum absolute atomic E-state index is 0.155. The van der Waals surface area contributed by atoms with E-state index in [1.54, 1.807) is 5.32 Å². The second kappa shape index (κ2) is 9.11. The van der Waals surface area contributed by atoms with Crippen LogP contribution in [0.4, 0.5) is 54.4 Å². The van der Waals surface area contributed by atoms with Crippen molar-refractivity contribution < 1.29 is 53.5 Å². The number of rotatable bonds is 5. The van der Waals surface area contributed by atoms with Crippen molar-refractivity contribution in [3.63, 3.8) is 0 Å². The molecule has 0 heterocycles. The molecule has 0 fully saturated rings. The zero-order valence-electron chi connectivity index (χ0n) is 15.9. The van der Waals surface area contributed by atoms with Crippen LogP contribution in [-0.2, 0) is 0 Å². The van der Waals surface area contributed by atoms with Crippen LogP contribution in [0.3, 0.4) is 0 Å². The van der Waals surface area contributed by atoms with Gasteiger partial charge in [0.05, 0.1) is 5.69 Å². The molecule has 0 saturated carbocycles. The van der Waals surface area contributed by atoms with Crippen molar-refractivity contribution >= 4 is 29.4 Å². The molecule has 0 aliphatic carbocycles. The topological polar surface area (TPSA) is 49.4 Å². The Morgan fingerprint density at radius 3 is 1.91 bits per heavy atom. The van der Waals surface area contributed by atoms with Crippen LogP contribution in [0.1, 0.15) is 10.4 Å². The molecule has 0 bridgehead atoms. The fourth-order valence-corrected chi connectivity index (χ4v) is 3.11. The molecule has 0 aliphatic heterocycles. The Morgan fingerprint density at radius 1 is 0.879 bits per heavy atom. The third kappa shape index (κ3) is 5.34. The number of imide groups is 1. The summed E-state index contributed by atoms with van der Waals surface area (Å²) in [7, 11) is 0.845. The minimum atomic E-state index is -6.58. The molecule has 4 nitrogen and oxygen atoms in total. The first-order chi connectivity index (χ1) is 15.0. The molecule has 2 rings (SSSR count). The number of carbonyl (C=O) groups excluding carboxylic acids is 2. The summed E-state index contributed by atoms with van der Waals surface area (Å²) in [5, 5.41) is -4.15. The van der Waals surface area contributed by atoms with Gasteiger partial charge < -0.3 is 0 Å². The largest absolute Gasteiger partial charge is 0.460 e. The molecule has 0 radical (unpaired) electrons. The van der Waals surface area contributed by atoms with Gasteiger partial charge in [0, 0.05) is 11.9 Å². The lowest BCUT2D eigenvalue weighted by atomic mass is 10.2. The standard InChI is InChI=1S/C18H10F10N2O2S/c1-30(15(32)29-14(31)13-9(19)3-2-4-10(13)20)12-6-5-8(7-11(12)21)33-18(27,28)16(22,23)17(24,25)26/h2-7H,1H3,(H,29,31,32). The fourth-order valence-electron chi connectivity index (χ4n) is 2.27. The maximum absolute atomic E-state index is 14.3. The number of amides is 3. The number of thioether (sulfide) groups is 1. The molecule has 2 aromatic rings. The Bertz CT molecular complexity index is 1050. The van der Waals surface area contributed by atoms with Gasteiger partial charge in [0.25, 0.3) is 5.91 Å². The number of urea groups is 1. The molecule has 0 saturated heterocycles. The van der Waals surface area contributed by atoms with Gasteiger partial charge in [-0.3, -0.25) is 15.0 Å². The molecular formula is C18H10F10N2O2S. The Balaban J connectivity index is 2.20. The molecule has 0 unspecified atom stereocenters. The predicted molar refractivity (Wildman–Crippen MR) is 95.8 cm³/mol. The Morgan fingerprint density at radius 2 is 1.42 bits per heavy atom. The van der Waals surface area contributed by atoms with E-state index in [0.29, 0.717) is 17.0 Å². The summed E-state index contributed by atoms with van der Waals surface area (Å²) in [4.78, 5) is 23.3. The van der Waals surface area contributed by atoms with E-state index >= 15 is 0 Å². The highest BCUT2D eigenvalue weighted by atomic mass is 32.2. The van der Waals surface area contributed by atoms with E-state index in [9.17, 15) is 53.5 Å². The minimum Gasteiger partial charge on any atom is -0.294 e. The number of nitrogens with one attached hydrogen (secondary N) is 1. The monoisotopic (exact) mass is 508 g/mol. The van der Waals surface area contributed by atoms with Crippen LogP contribution in [0.5, 0.6) is 0 Å². The van der Waals surface area contributed by atoms with Gasteiger partial charge in [-0.25, -0.2) is 18.0 Å². The quantitative estimate of drug-likeness (QED) is 0.400. The summed E-state index contributed by atoms with van der Waals surface area (Å²) < 4.78 is 131. The molecule has 1 N–H and O–H groups in total. The highest BCUT2D eigenvalue weighted by Gasteiger charge is 2.73. The first-order valence-corrected chi connectivity index (χ1v) is 9.15. The lowest BCUT2D eigenvalue weighted by molar-refractivity contribution is -0.330. The summed E-state index contributed by atoms with van der Waals surface area (Å²) in [5.74, 6) is -12.1. The van der Waals surface area contributed by atoms with Gasteiger partial charge in [0.2, 0.25) is 0 Å². The third-order valence-corrected chi connectivity index (χ3v) is 4.97. The van der Waals surface area contributed by atoms with Crippen molar-refractivity contribution in [3.8, 4) is 0 Å². The SMILES string of the molecule is CN(C(=O)NC(=O)c1c(F)cccc1F)c1ccc(SC(F)(F)C(F)(F)C(F)(F)F)cc1F. The van der Waals surface area contributed by atoms with E-state index in [4.69, 9.17) is 0 Å². The highest BCUT2D eigenvalue weighted by Crippen LogP contribution is 2.54. The second-order valence-electron chi connectivity index (χ2n) is 6.22. The van der Waals surface area contributed by atoms with E-state index in [-0.39, 0.29) is 6.07 Å².